The standard InChI is InChI=1S/C11H13ClN4/c1-16-7-6-10(15-16)11(14-13)8-2-4-9(12)5-3-8/h2-7,11,14H,13H2,1H3. The predicted octanol–water partition coefficient (Wildman–Crippen LogP) is 1.63. The number of benzene rings is 1. The molecule has 0 bridgehead atoms. The van der Waals surface area contributed by atoms with Gasteiger partial charge in [-0.05, 0) is 23.8 Å². The molecule has 0 radical (unpaired) electrons. The molecule has 0 aliphatic heterocycles. The molecule has 3 N–H and O–H groups in total. The fourth-order valence-corrected chi connectivity index (χ4v) is 1.72. The fourth-order valence-electron chi connectivity index (χ4n) is 1.59. The molecule has 0 aliphatic rings. The van der Waals surface area contributed by atoms with Crippen molar-refractivity contribution in [2.75, 3.05) is 0 Å². The average molecular weight is 237 g/mol. The number of hydrazine groups is 1. The Balaban J connectivity index is 2.32. The van der Waals surface area contributed by atoms with Crippen LogP contribution in [0.2, 0.25) is 5.02 Å². The molecular weight excluding hydrogens is 224 g/mol. The van der Waals surface area contributed by atoms with Gasteiger partial charge in [0.25, 0.3) is 0 Å². The van der Waals surface area contributed by atoms with Gasteiger partial charge < -0.3 is 0 Å². The van der Waals surface area contributed by atoms with Crippen molar-refractivity contribution in [2.24, 2.45) is 12.9 Å². The van der Waals surface area contributed by atoms with E-state index in [2.05, 4.69) is 10.5 Å². The second-order valence-electron chi connectivity index (χ2n) is 3.57. The number of nitrogens with one attached hydrogen (secondary N) is 1. The smallest absolute Gasteiger partial charge is 0.0899 e. The summed E-state index contributed by atoms with van der Waals surface area (Å²) in [7, 11) is 1.87. The van der Waals surface area contributed by atoms with Crippen LogP contribution in [0.3, 0.4) is 0 Å². The highest BCUT2D eigenvalue weighted by Gasteiger charge is 2.14. The molecule has 2 aromatic rings. The zero-order valence-electron chi connectivity index (χ0n) is 8.89. The number of hydrogen-bond acceptors (Lipinski definition) is 3. The Hall–Kier alpha value is -1.36. The Morgan fingerprint density at radius 3 is 2.50 bits per heavy atom. The first-order valence-electron chi connectivity index (χ1n) is 4.92. The normalized spacial score (nSPS) is 12.7. The van der Waals surface area contributed by atoms with E-state index in [4.69, 9.17) is 17.4 Å². The van der Waals surface area contributed by atoms with Gasteiger partial charge in [-0.2, -0.15) is 5.10 Å². The first-order chi connectivity index (χ1) is 7.70. The summed E-state index contributed by atoms with van der Waals surface area (Å²) in [6, 6.07) is 9.36. The lowest BCUT2D eigenvalue weighted by Gasteiger charge is -2.13. The van der Waals surface area contributed by atoms with Gasteiger partial charge in [-0.3, -0.25) is 10.5 Å². The van der Waals surface area contributed by atoms with Gasteiger partial charge in [0.15, 0.2) is 0 Å². The molecule has 1 aromatic heterocycles. The molecule has 1 atom stereocenters. The van der Waals surface area contributed by atoms with Crippen LogP contribution in [0.25, 0.3) is 0 Å². The van der Waals surface area contributed by atoms with E-state index in [1.165, 1.54) is 0 Å². The van der Waals surface area contributed by atoms with E-state index in [9.17, 15) is 0 Å². The van der Waals surface area contributed by atoms with Crippen LogP contribution in [0.1, 0.15) is 17.3 Å². The summed E-state index contributed by atoms with van der Waals surface area (Å²) in [6.07, 6.45) is 1.88. The van der Waals surface area contributed by atoms with Gasteiger partial charge in [-0.1, -0.05) is 23.7 Å². The quantitative estimate of drug-likeness (QED) is 0.629. The second kappa shape index (κ2) is 4.65. The molecule has 0 saturated heterocycles. The Bertz CT molecular complexity index is 463. The predicted molar refractivity (Wildman–Crippen MR) is 63.8 cm³/mol. The van der Waals surface area contributed by atoms with Crippen LogP contribution in [-0.4, -0.2) is 9.78 Å². The van der Waals surface area contributed by atoms with E-state index in [0.29, 0.717) is 5.02 Å². The van der Waals surface area contributed by atoms with Crippen LogP contribution in [0.5, 0.6) is 0 Å². The molecular formula is C11H13ClN4. The lowest BCUT2D eigenvalue weighted by molar-refractivity contribution is 0.603. The van der Waals surface area contributed by atoms with Crippen LogP contribution in [0.4, 0.5) is 0 Å². The van der Waals surface area contributed by atoms with Crippen molar-refractivity contribution in [3.05, 3.63) is 52.8 Å². The first kappa shape index (κ1) is 11.1. The van der Waals surface area contributed by atoms with Crippen molar-refractivity contribution >= 4 is 11.6 Å². The number of nitrogens with zero attached hydrogens (tertiary/aromatic N) is 2. The lowest BCUT2D eigenvalue weighted by atomic mass is 10.1. The number of nitrogens with two attached hydrogens (primary N) is 1. The maximum Gasteiger partial charge on any atom is 0.0899 e. The molecule has 0 spiro atoms. The third kappa shape index (κ3) is 2.24. The van der Waals surface area contributed by atoms with Crippen molar-refractivity contribution in [1.29, 1.82) is 0 Å². The Morgan fingerprint density at radius 2 is 2.00 bits per heavy atom. The third-order valence-corrected chi connectivity index (χ3v) is 2.65. The Kier molecular flexibility index (Phi) is 3.24. The highest BCUT2D eigenvalue weighted by atomic mass is 35.5. The van der Waals surface area contributed by atoms with E-state index in [1.807, 2.05) is 43.6 Å². The zero-order valence-corrected chi connectivity index (χ0v) is 9.65. The number of rotatable bonds is 3. The number of hydrogen-bond donors (Lipinski definition) is 2. The molecule has 84 valence electrons. The minimum Gasteiger partial charge on any atom is -0.275 e. The third-order valence-electron chi connectivity index (χ3n) is 2.40. The van der Waals surface area contributed by atoms with Gasteiger partial charge in [-0.15, -0.1) is 0 Å². The summed E-state index contributed by atoms with van der Waals surface area (Å²) in [5.41, 5.74) is 4.66. The number of aryl methyl sites for hydroxylation is 1. The molecule has 5 heteroatoms. The van der Waals surface area contributed by atoms with Gasteiger partial charge in [0.1, 0.15) is 0 Å². The molecule has 0 saturated carbocycles. The summed E-state index contributed by atoms with van der Waals surface area (Å²) in [5, 5.41) is 5.03. The van der Waals surface area contributed by atoms with Crippen molar-refractivity contribution < 1.29 is 0 Å². The summed E-state index contributed by atoms with van der Waals surface area (Å²) in [4.78, 5) is 0. The minimum absolute atomic E-state index is 0.113. The molecule has 0 amide bonds. The van der Waals surface area contributed by atoms with Crippen molar-refractivity contribution in [2.45, 2.75) is 6.04 Å². The zero-order chi connectivity index (χ0) is 11.5. The number of aromatic nitrogens is 2. The molecule has 1 aromatic carbocycles. The maximum absolute atomic E-state index is 5.84. The maximum atomic E-state index is 5.84. The molecule has 1 heterocycles. The highest BCUT2D eigenvalue weighted by Crippen LogP contribution is 2.21. The molecule has 16 heavy (non-hydrogen) atoms. The summed E-state index contributed by atoms with van der Waals surface area (Å²) in [5.74, 6) is 5.55. The van der Waals surface area contributed by atoms with Crippen LogP contribution < -0.4 is 11.3 Å². The summed E-state index contributed by atoms with van der Waals surface area (Å²) in [6.45, 7) is 0. The van der Waals surface area contributed by atoms with E-state index >= 15 is 0 Å². The van der Waals surface area contributed by atoms with E-state index in [0.717, 1.165) is 11.3 Å². The van der Waals surface area contributed by atoms with Crippen LogP contribution >= 0.6 is 11.6 Å². The van der Waals surface area contributed by atoms with Crippen molar-refractivity contribution in [3.8, 4) is 0 Å². The summed E-state index contributed by atoms with van der Waals surface area (Å²) >= 11 is 5.84. The SMILES string of the molecule is Cn1ccc(C(NN)c2ccc(Cl)cc2)n1. The number of halogens is 1. The van der Waals surface area contributed by atoms with Crippen LogP contribution in [-0.2, 0) is 7.05 Å². The molecule has 4 nitrogen and oxygen atoms in total. The van der Waals surface area contributed by atoms with Gasteiger partial charge in [0, 0.05) is 18.3 Å². The van der Waals surface area contributed by atoms with E-state index < -0.39 is 0 Å². The highest BCUT2D eigenvalue weighted by molar-refractivity contribution is 6.30. The van der Waals surface area contributed by atoms with Gasteiger partial charge in [0.2, 0.25) is 0 Å². The van der Waals surface area contributed by atoms with E-state index in [-0.39, 0.29) is 6.04 Å². The average Bonchev–Trinajstić information content (AvgIpc) is 2.69. The molecule has 2 rings (SSSR count). The van der Waals surface area contributed by atoms with Crippen LogP contribution in [0, 0.1) is 0 Å². The topological polar surface area (TPSA) is 55.9 Å². The minimum atomic E-state index is -0.113. The van der Waals surface area contributed by atoms with Gasteiger partial charge in [-0.25, -0.2) is 5.43 Å². The van der Waals surface area contributed by atoms with E-state index in [1.54, 1.807) is 4.68 Å². The lowest BCUT2D eigenvalue weighted by Crippen LogP contribution is -2.29. The summed E-state index contributed by atoms with van der Waals surface area (Å²) < 4.78 is 1.75. The second-order valence-corrected chi connectivity index (χ2v) is 4.00. The monoisotopic (exact) mass is 236 g/mol. The van der Waals surface area contributed by atoms with Gasteiger partial charge >= 0.3 is 0 Å². The van der Waals surface area contributed by atoms with Crippen molar-refractivity contribution in [1.82, 2.24) is 15.2 Å². The Labute approximate surface area is 99.0 Å². The largest absolute Gasteiger partial charge is 0.275 e. The van der Waals surface area contributed by atoms with Crippen LogP contribution in [0.15, 0.2) is 36.5 Å². The molecule has 0 fully saturated rings. The molecule has 1 unspecified atom stereocenters. The van der Waals surface area contributed by atoms with Gasteiger partial charge in [0.05, 0.1) is 11.7 Å². The Morgan fingerprint density at radius 1 is 1.31 bits per heavy atom. The first-order valence-corrected chi connectivity index (χ1v) is 5.29. The van der Waals surface area contributed by atoms with Crippen molar-refractivity contribution in [3.63, 3.8) is 0 Å². The molecule has 0 aliphatic carbocycles. The fraction of sp³-hybridized carbons (Fsp3) is 0.182.